The number of aryl methyl sites for hydroxylation is 2. The highest BCUT2D eigenvalue weighted by molar-refractivity contribution is 5.66. The van der Waals surface area contributed by atoms with E-state index >= 15 is 0 Å². The van der Waals surface area contributed by atoms with Gasteiger partial charge in [-0.1, -0.05) is 0 Å². The van der Waals surface area contributed by atoms with Gasteiger partial charge in [-0.05, 0) is 25.0 Å². The molecule has 1 aromatic carbocycles. The van der Waals surface area contributed by atoms with Crippen LogP contribution in [0.4, 0.5) is 8.78 Å². The van der Waals surface area contributed by atoms with Crippen molar-refractivity contribution in [1.82, 2.24) is 10.2 Å². The van der Waals surface area contributed by atoms with Crippen LogP contribution in [0.3, 0.4) is 0 Å². The SMILES string of the molecule is Cc1cc(-c2nnc(CCCC(=O)O)o2)c(F)cc1F. The van der Waals surface area contributed by atoms with Crippen molar-refractivity contribution < 1.29 is 23.1 Å². The average Bonchev–Trinajstić information content (AvgIpc) is 2.82. The van der Waals surface area contributed by atoms with Crippen molar-refractivity contribution in [1.29, 1.82) is 0 Å². The van der Waals surface area contributed by atoms with Gasteiger partial charge in [0.2, 0.25) is 5.89 Å². The van der Waals surface area contributed by atoms with Crippen LogP contribution in [0.5, 0.6) is 0 Å². The Morgan fingerprint density at radius 3 is 2.75 bits per heavy atom. The van der Waals surface area contributed by atoms with Gasteiger partial charge in [-0.15, -0.1) is 10.2 Å². The minimum absolute atomic E-state index is 0.0122. The zero-order chi connectivity index (χ0) is 14.7. The first-order valence-electron chi connectivity index (χ1n) is 5.97. The lowest BCUT2D eigenvalue weighted by molar-refractivity contribution is -0.137. The van der Waals surface area contributed by atoms with Gasteiger partial charge in [0.25, 0.3) is 5.89 Å². The fraction of sp³-hybridized carbons (Fsp3) is 0.308. The number of aromatic nitrogens is 2. The summed E-state index contributed by atoms with van der Waals surface area (Å²) in [6.45, 7) is 1.50. The van der Waals surface area contributed by atoms with E-state index in [-0.39, 0.29) is 29.3 Å². The van der Waals surface area contributed by atoms with Crippen LogP contribution < -0.4 is 0 Å². The Labute approximate surface area is 113 Å². The zero-order valence-corrected chi connectivity index (χ0v) is 10.7. The van der Waals surface area contributed by atoms with Gasteiger partial charge in [0.05, 0.1) is 5.56 Å². The van der Waals surface area contributed by atoms with Crippen molar-refractivity contribution in [2.24, 2.45) is 0 Å². The largest absolute Gasteiger partial charge is 0.481 e. The quantitative estimate of drug-likeness (QED) is 0.912. The van der Waals surface area contributed by atoms with Crippen molar-refractivity contribution in [3.63, 3.8) is 0 Å². The third-order valence-electron chi connectivity index (χ3n) is 2.73. The molecular formula is C13H12F2N2O3. The van der Waals surface area contributed by atoms with Crippen LogP contribution >= 0.6 is 0 Å². The minimum atomic E-state index is -0.912. The van der Waals surface area contributed by atoms with Crippen molar-refractivity contribution in [3.05, 3.63) is 35.2 Å². The molecule has 0 aliphatic rings. The summed E-state index contributed by atoms with van der Waals surface area (Å²) < 4.78 is 32.0. The van der Waals surface area contributed by atoms with Crippen LogP contribution in [-0.2, 0) is 11.2 Å². The molecule has 0 bridgehead atoms. The van der Waals surface area contributed by atoms with E-state index in [9.17, 15) is 13.6 Å². The molecule has 0 saturated heterocycles. The molecule has 0 radical (unpaired) electrons. The van der Waals surface area contributed by atoms with Gasteiger partial charge in [0, 0.05) is 18.9 Å². The van der Waals surface area contributed by atoms with Crippen LogP contribution in [0.1, 0.15) is 24.3 Å². The predicted octanol–water partition coefficient (Wildman–Crippen LogP) is 2.73. The number of rotatable bonds is 5. The van der Waals surface area contributed by atoms with E-state index in [1.54, 1.807) is 0 Å². The number of carbonyl (C=O) groups is 1. The van der Waals surface area contributed by atoms with Gasteiger partial charge in [0.15, 0.2) is 0 Å². The first-order valence-corrected chi connectivity index (χ1v) is 5.97. The van der Waals surface area contributed by atoms with Gasteiger partial charge in [-0.25, -0.2) is 8.78 Å². The van der Waals surface area contributed by atoms with Crippen LogP contribution in [0, 0.1) is 18.6 Å². The Morgan fingerprint density at radius 1 is 1.30 bits per heavy atom. The summed E-state index contributed by atoms with van der Waals surface area (Å²) in [5.41, 5.74) is 0.299. The number of carboxylic acid groups (broad SMARTS) is 1. The molecule has 0 aliphatic carbocycles. The molecule has 20 heavy (non-hydrogen) atoms. The third kappa shape index (κ3) is 3.17. The second-order valence-corrected chi connectivity index (χ2v) is 4.33. The summed E-state index contributed by atoms with van der Waals surface area (Å²) in [7, 11) is 0. The van der Waals surface area contributed by atoms with Gasteiger partial charge >= 0.3 is 5.97 Å². The summed E-state index contributed by atoms with van der Waals surface area (Å²) in [5.74, 6) is -2.16. The summed E-state index contributed by atoms with van der Waals surface area (Å²) in [6, 6.07) is 2.05. The van der Waals surface area contributed by atoms with Crippen molar-refractivity contribution >= 4 is 5.97 Å². The maximum atomic E-state index is 13.6. The third-order valence-corrected chi connectivity index (χ3v) is 2.73. The zero-order valence-electron chi connectivity index (χ0n) is 10.7. The second-order valence-electron chi connectivity index (χ2n) is 4.33. The number of benzene rings is 1. The lowest BCUT2D eigenvalue weighted by Crippen LogP contribution is -1.95. The molecule has 1 aromatic heterocycles. The Balaban J connectivity index is 2.16. The van der Waals surface area contributed by atoms with E-state index in [1.807, 2.05) is 0 Å². The standard InChI is InChI=1S/C13H12F2N2O3/c1-7-5-8(10(15)6-9(7)14)13-17-16-11(20-13)3-2-4-12(18)19/h5-6H,2-4H2,1H3,(H,18,19). The van der Waals surface area contributed by atoms with Gasteiger partial charge < -0.3 is 9.52 Å². The second kappa shape index (κ2) is 5.77. The first-order chi connectivity index (χ1) is 9.47. The molecule has 5 nitrogen and oxygen atoms in total. The van der Waals surface area contributed by atoms with Crippen LogP contribution in [-0.4, -0.2) is 21.3 Å². The van der Waals surface area contributed by atoms with E-state index in [1.165, 1.54) is 13.0 Å². The van der Waals surface area contributed by atoms with Crippen LogP contribution in [0.15, 0.2) is 16.5 Å². The number of nitrogens with zero attached hydrogens (tertiary/aromatic N) is 2. The van der Waals surface area contributed by atoms with E-state index in [0.717, 1.165) is 6.07 Å². The molecule has 0 amide bonds. The maximum absolute atomic E-state index is 13.6. The molecule has 0 aliphatic heterocycles. The smallest absolute Gasteiger partial charge is 0.303 e. The van der Waals surface area contributed by atoms with Crippen LogP contribution in [0.2, 0.25) is 0 Å². The van der Waals surface area contributed by atoms with Gasteiger partial charge in [0.1, 0.15) is 11.6 Å². The molecule has 0 fully saturated rings. The summed E-state index contributed by atoms with van der Waals surface area (Å²) >= 11 is 0. The number of hydrogen-bond acceptors (Lipinski definition) is 4. The molecule has 0 spiro atoms. The number of hydrogen-bond donors (Lipinski definition) is 1. The molecule has 0 atom stereocenters. The maximum Gasteiger partial charge on any atom is 0.303 e. The molecule has 0 saturated carbocycles. The molecule has 106 valence electrons. The van der Waals surface area contributed by atoms with Crippen molar-refractivity contribution in [2.75, 3.05) is 0 Å². The fourth-order valence-corrected chi connectivity index (χ4v) is 1.68. The number of halogens is 2. The Hall–Kier alpha value is -2.31. The van der Waals surface area contributed by atoms with Gasteiger partial charge in [-0.2, -0.15) is 0 Å². The Morgan fingerprint density at radius 2 is 2.05 bits per heavy atom. The highest BCUT2D eigenvalue weighted by Gasteiger charge is 2.15. The number of carboxylic acids is 1. The molecule has 2 aromatic rings. The normalized spacial score (nSPS) is 10.8. The molecule has 1 N–H and O–H groups in total. The highest BCUT2D eigenvalue weighted by Crippen LogP contribution is 2.24. The van der Waals surface area contributed by atoms with Crippen molar-refractivity contribution in [3.8, 4) is 11.5 Å². The number of aliphatic carboxylic acids is 1. The Kier molecular flexibility index (Phi) is 4.07. The van der Waals surface area contributed by atoms with E-state index in [0.29, 0.717) is 12.8 Å². The Bertz CT molecular complexity index is 641. The van der Waals surface area contributed by atoms with E-state index < -0.39 is 17.6 Å². The molecule has 2 rings (SSSR count). The molecule has 7 heteroatoms. The topological polar surface area (TPSA) is 76.2 Å². The minimum Gasteiger partial charge on any atom is -0.481 e. The molecule has 0 unspecified atom stereocenters. The van der Waals surface area contributed by atoms with Crippen molar-refractivity contribution in [2.45, 2.75) is 26.2 Å². The average molecular weight is 282 g/mol. The summed E-state index contributed by atoms with van der Waals surface area (Å²) in [5, 5.41) is 15.9. The lowest BCUT2D eigenvalue weighted by Gasteiger charge is -2.01. The molecule has 1 heterocycles. The van der Waals surface area contributed by atoms with E-state index in [4.69, 9.17) is 9.52 Å². The predicted molar refractivity (Wildman–Crippen MR) is 65.0 cm³/mol. The van der Waals surface area contributed by atoms with E-state index in [2.05, 4.69) is 10.2 Å². The van der Waals surface area contributed by atoms with Crippen LogP contribution in [0.25, 0.3) is 11.5 Å². The highest BCUT2D eigenvalue weighted by atomic mass is 19.1. The monoisotopic (exact) mass is 282 g/mol. The summed E-state index contributed by atoms with van der Waals surface area (Å²) in [6.07, 6.45) is 0.630. The first kappa shape index (κ1) is 14.1. The fourth-order valence-electron chi connectivity index (χ4n) is 1.68. The molecular weight excluding hydrogens is 270 g/mol. The summed E-state index contributed by atoms with van der Waals surface area (Å²) in [4.78, 5) is 10.4. The van der Waals surface area contributed by atoms with Gasteiger partial charge in [-0.3, -0.25) is 4.79 Å². The lowest BCUT2D eigenvalue weighted by atomic mass is 10.1.